The van der Waals surface area contributed by atoms with Gasteiger partial charge >= 0.3 is 12.2 Å². The average molecular weight is 527 g/mol. The molecule has 1 heterocycles. The minimum Gasteiger partial charge on any atom is -0.332 e. The zero-order valence-electron chi connectivity index (χ0n) is 19.9. The fourth-order valence-electron chi connectivity index (χ4n) is 3.39. The van der Waals surface area contributed by atoms with E-state index in [2.05, 4.69) is 15.7 Å². The monoisotopic (exact) mass is 526 g/mol. The van der Waals surface area contributed by atoms with Gasteiger partial charge in [0.1, 0.15) is 15.7 Å². The highest BCUT2D eigenvalue weighted by Gasteiger charge is 2.35. The van der Waals surface area contributed by atoms with Gasteiger partial charge in [-0.05, 0) is 53.8 Å². The van der Waals surface area contributed by atoms with E-state index in [-0.39, 0.29) is 41.6 Å². The molecule has 2 aromatic carbocycles. The summed E-state index contributed by atoms with van der Waals surface area (Å²) in [5.74, 6) is -0.757. The third kappa shape index (κ3) is 7.30. The number of carbonyl (C=O) groups excluding carboxylic acids is 1. The summed E-state index contributed by atoms with van der Waals surface area (Å²) < 4.78 is 78.0. The molecule has 3 aromatic rings. The van der Waals surface area contributed by atoms with Gasteiger partial charge in [-0.25, -0.2) is 22.3 Å². The Morgan fingerprint density at radius 1 is 1.11 bits per heavy atom. The highest BCUT2D eigenvalue weighted by Crippen LogP contribution is 2.30. The number of aryl methyl sites for hydroxylation is 1. The zero-order valence-corrected chi connectivity index (χ0v) is 20.7. The number of sulfone groups is 1. The Morgan fingerprint density at radius 2 is 1.83 bits per heavy atom. The van der Waals surface area contributed by atoms with Crippen molar-refractivity contribution in [2.24, 2.45) is 0 Å². The number of hydrogen-bond donors (Lipinski definition) is 2. The predicted molar refractivity (Wildman–Crippen MR) is 128 cm³/mol. The lowest BCUT2D eigenvalue weighted by atomic mass is 10.0. The van der Waals surface area contributed by atoms with Gasteiger partial charge in [0.05, 0.1) is 23.7 Å². The molecule has 2 amide bonds. The molecule has 36 heavy (non-hydrogen) atoms. The molecule has 1 aromatic heterocycles. The van der Waals surface area contributed by atoms with E-state index in [0.717, 1.165) is 28.6 Å². The van der Waals surface area contributed by atoms with Crippen LogP contribution in [0.25, 0.3) is 5.69 Å². The number of alkyl halides is 3. The van der Waals surface area contributed by atoms with Crippen molar-refractivity contribution in [1.29, 1.82) is 0 Å². The summed E-state index contributed by atoms with van der Waals surface area (Å²) in [4.78, 5) is 12.4. The Morgan fingerprint density at radius 3 is 2.44 bits per heavy atom. The van der Waals surface area contributed by atoms with E-state index in [0.29, 0.717) is 5.69 Å². The molecule has 0 saturated heterocycles. The van der Waals surface area contributed by atoms with Gasteiger partial charge in [0.25, 0.3) is 0 Å². The second-order valence-electron chi connectivity index (χ2n) is 8.67. The minimum absolute atomic E-state index is 0.0132. The third-order valence-electron chi connectivity index (χ3n) is 5.34. The second-order valence-corrected chi connectivity index (χ2v) is 10.9. The molecule has 0 atom stereocenters. The van der Waals surface area contributed by atoms with Crippen LogP contribution < -0.4 is 10.6 Å². The normalized spacial score (nSPS) is 12.1. The lowest BCUT2D eigenvalue weighted by Gasteiger charge is -2.12. The number of carbonyl (C=O) groups is 1. The van der Waals surface area contributed by atoms with Crippen LogP contribution in [-0.2, 0) is 29.0 Å². The number of halogens is 4. The molecule has 7 nitrogen and oxygen atoms in total. The molecular formula is C24H26F4N4O3S. The summed E-state index contributed by atoms with van der Waals surface area (Å²) >= 11 is 0. The Kier molecular flexibility index (Phi) is 8.07. The molecule has 0 spiro atoms. The van der Waals surface area contributed by atoms with Crippen molar-refractivity contribution in [3.63, 3.8) is 0 Å². The van der Waals surface area contributed by atoms with Crippen LogP contribution in [0.3, 0.4) is 0 Å². The molecular weight excluding hydrogens is 500 g/mol. The van der Waals surface area contributed by atoms with Crippen LogP contribution in [0, 0.1) is 5.82 Å². The highest BCUT2D eigenvalue weighted by molar-refractivity contribution is 7.90. The van der Waals surface area contributed by atoms with Gasteiger partial charge in [-0.15, -0.1) is 0 Å². The maximum atomic E-state index is 14.3. The summed E-state index contributed by atoms with van der Waals surface area (Å²) in [5, 5.41) is 8.57. The summed E-state index contributed by atoms with van der Waals surface area (Å²) in [6, 6.07) is 10.8. The van der Waals surface area contributed by atoms with E-state index < -0.39 is 33.6 Å². The Labute approximate surface area is 206 Å². The maximum Gasteiger partial charge on any atom is 0.435 e. The van der Waals surface area contributed by atoms with Gasteiger partial charge in [0, 0.05) is 11.9 Å². The first kappa shape index (κ1) is 27.2. The Hall–Kier alpha value is -3.41. The molecule has 3 rings (SSSR count). The molecule has 0 aliphatic heterocycles. The van der Waals surface area contributed by atoms with E-state index >= 15 is 0 Å². The number of nitrogens with zero attached hydrogens (tertiary/aromatic N) is 2. The molecule has 194 valence electrons. The van der Waals surface area contributed by atoms with Crippen LogP contribution >= 0.6 is 0 Å². The van der Waals surface area contributed by atoms with Crippen molar-refractivity contribution in [3.8, 4) is 5.69 Å². The van der Waals surface area contributed by atoms with Crippen molar-refractivity contribution < 1.29 is 30.8 Å². The molecule has 2 N–H and O–H groups in total. The number of amides is 2. The summed E-state index contributed by atoms with van der Waals surface area (Å²) in [5.41, 5.74) is 0.610. The standard InChI is InChI=1S/C24H26F4N4O3S/c1-15(2)17-5-4-6-19(11-17)32-20(13-22(31-32)24(26,27)28)14-29-23(33)30-18-8-7-16(21(25)12-18)9-10-36(3,34)35/h4-8,11-13,15H,9-10,14H2,1-3H3,(H2,29,30,33). The van der Waals surface area contributed by atoms with E-state index in [1.54, 1.807) is 18.2 Å². The molecule has 0 fully saturated rings. The van der Waals surface area contributed by atoms with Gasteiger partial charge in [0.2, 0.25) is 0 Å². The largest absolute Gasteiger partial charge is 0.435 e. The average Bonchev–Trinajstić information content (AvgIpc) is 3.21. The van der Waals surface area contributed by atoms with Crippen LogP contribution in [0.4, 0.5) is 28.0 Å². The lowest BCUT2D eigenvalue weighted by Crippen LogP contribution is -2.29. The van der Waals surface area contributed by atoms with Crippen LogP contribution in [0.15, 0.2) is 48.5 Å². The van der Waals surface area contributed by atoms with Gasteiger partial charge in [0.15, 0.2) is 5.69 Å². The van der Waals surface area contributed by atoms with Crippen LogP contribution in [0.1, 0.15) is 42.3 Å². The first-order valence-electron chi connectivity index (χ1n) is 11.0. The van der Waals surface area contributed by atoms with E-state index in [1.807, 2.05) is 19.9 Å². The molecule has 12 heteroatoms. The van der Waals surface area contributed by atoms with Crippen molar-refractivity contribution in [2.45, 2.75) is 38.9 Å². The maximum absolute atomic E-state index is 14.3. The van der Waals surface area contributed by atoms with Crippen molar-refractivity contribution in [3.05, 3.63) is 76.9 Å². The topological polar surface area (TPSA) is 93.1 Å². The first-order valence-corrected chi connectivity index (χ1v) is 13.1. The number of hydrogen-bond acceptors (Lipinski definition) is 4. The van der Waals surface area contributed by atoms with Crippen LogP contribution in [-0.4, -0.2) is 36.2 Å². The Bertz CT molecular complexity index is 1350. The first-order chi connectivity index (χ1) is 16.7. The second kappa shape index (κ2) is 10.7. The van der Waals surface area contributed by atoms with Crippen molar-refractivity contribution >= 4 is 21.6 Å². The molecule has 0 aliphatic rings. The fraction of sp³-hybridized carbons (Fsp3) is 0.333. The number of rotatable bonds is 8. The number of urea groups is 1. The molecule has 0 bridgehead atoms. The third-order valence-corrected chi connectivity index (χ3v) is 6.28. The summed E-state index contributed by atoms with van der Waals surface area (Å²) in [6.07, 6.45) is -3.63. The van der Waals surface area contributed by atoms with E-state index in [4.69, 9.17) is 0 Å². The van der Waals surface area contributed by atoms with Gasteiger partial charge in [-0.3, -0.25) is 0 Å². The molecule has 0 saturated carbocycles. The predicted octanol–water partition coefficient (Wildman–Crippen LogP) is 5.06. The zero-order chi connectivity index (χ0) is 26.7. The molecule has 0 unspecified atom stereocenters. The number of aromatic nitrogens is 2. The highest BCUT2D eigenvalue weighted by atomic mass is 32.2. The van der Waals surface area contributed by atoms with E-state index in [9.17, 15) is 30.8 Å². The minimum atomic E-state index is -4.67. The van der Waals surface area contributed by atoms with Crippen LogP contribution in [0.5, 0.6) is 0 Å². The number of anilines is 1. The summed E-state index contributed by atoms with van der Waals surface area (Å²) in [7, 11) is -3.26. The van der Waals surface area contributed by atoms with Gasteiger partial charge < -0.3 is 10.6 Å². The smallest absolute Gasteiger partial charge is 0.332 e. The molecule has 0 radical (unpaired) electrons. The quantitative estimate of drug-likeness (QED) is 0.401. The Balaban J connectivity index is 1.74. The van der Waals surface area contributed by atoms with Crippen molar-refractivity contribution in [1.82, 2.24) is 15.1 Å². The lowest BCUT2D eigenvalue weighted by molar-refractivity contribution is -0.141. The van der Waals surface area contributed by atoms with E-state index in [1.165, 1.54) is 12.1 Å². The van der Waals surface area contributed by atoms with Gasteiger partial charge in [-0.1, -0.05) is 32.0 Å². The number of benzene rings is 2. The summed E-state index contributed by atoms with van der Waals surface area (Å²) in [6.45, 7) is 3.63. The van der Waals surface area contributed by atoms with Gasteiger partial charge in [-0.2, -0.15) is 18.3 Å². The number of nitrogens with one attached hydrogen (secondary N) is 2. The fourth-order valence-corrected chi connectivity index (χ4v) is 3.98. The van der Waals surface area contributed by atoms with Crippen molar-refractivity contribution in [2.75, 3.05) is 17.3 Å². The SMILES string of the molecule is CC(C)c1cccc(-n2nc(C(F)(F)F)cc2CNC(=O)Nc2ccc(CCS(C)(=O)=O)c(F)c2)c1. The van der Waals surface area contributed by atoms with Crippen LogP contribution in [0.2, 0.25) is 0 Å². The molecule has 0 aliphatic carbocycles.